The molecule has 0 aliphatic rings. The zero-order chi connectivity index (χ0) is 9.97. The Morgan fingerprint density at radius 3 is 3.29 bits per heavy atom. The predicted octanol–water partition coefficient (Wildman–Crippen LogP) is 1.23. The number of nitrogens with one attached hydrogen (secondary N) is 1. The zero-order valence-corrected chi connectivity index (χ0v) is 7.78. The lowest BCUT2D eigenvalue weighted by molar-refractivity contribution is 0.0994. The monoisotopic (exact) mass is 190 g/mol. The Labute approximate surface area is 80.9 Å². The summed E-state index contributed by atoms with van der Waals surface area (Å²) in [4.78, 5) is 15.5. The number of Topliss-reactive ketones (excluding diaryl/α,β-unsaturated/α-hetero) is 1. The van der Waals surface area contributed by atoms with Gasteiger partial charge in [-0.1, -0.05) is 0 Å². The molecule has 2 rings (SSSR count). The van der Waals surface area contributed by atoms with Gasteiger partial charge in [0.2, 0.25) is 0 Å². The second-order valence-corrected chi connectivity index (χ2v) is 2.97. The molecule has 0 atom stereocenters. The molecule has 0 unspecified atom stereocenters. The first-order valence-electron chi connectivity index (χ1n) is 4.32. The van der Waals surface area contributed by atoms with Gasteiger partial charge in [-0.2, -0.15) is 0 Å². The van der Waals surface area contributed by atoms with Gasteiger partial charge < -0.3 is 9.73 Å². The molecule has 0 aromatic carbocycles. The van der Waals surface area contributed by atoms with Crippen LogP contribution in [0.15, 0.2) is 29.1 Å². The Balaban J connectivity index is 2.47. The SMILES string of the molecule is CNCC(=O)c1coc2ccncc12. The van der Waals surface area contributed by atoms with E-state index in [1.807, 2.05) is 0 Å². The van der Waals surface area contributed by atoms with Crippen molar-refractivity contribution in [3.63, 3.8) is 0 Å². The molecule has 0 radical (unpaired) electrons. The van der Waals surface area contributed by atoms with Crippen molar-refractivity contribution in [3.05, 3.63) is 30.3 Å². The average Bonchev–Trinajstić information content (AvgIpc) is 2.61. The molecule has 2 aromatic rings. The van der Waals surface area contributed by atoms with Crippen LogP contribution >= 0.6 is 0 Å². The largest absolute Gasteiger partial charge is 0.463 e. The van der Waals surface area contributed by atoms with Crippen LogP contribution in [0.25, 0.3) is 11.0 Å². The number of fused-ring (bicyclic) bond motifs is 1. The van der Waals surface area contributed by atoms with Gasteiger partial charge in [0.15, 0.2) is 5.78 Å². The summed E-state index contributed by atoms with van der Waals surface area (Å²) < 4.78 is 5.23. The maximum Gasteiger partial charge on any atom is 0.180 e. The minimum Gasteiger partial charge on any atom is -0.463 e. The minimum atomic E-state index is 0.0132. The molecule has 2 heterocycles. The Morgan fingerprint density at radius 2 is 2.50 bits per heavy atom. The Morgan fingerprint density at radius 1 is 1.64 bits per heavy atom. The maximum atomic E-state index is 11.6. The third-order valence-corrected chi connectivity index (χ3v) is 2.01. The van der Waals surface area contributed by atoms with Crippen LogP contribution in [0.4, 0.5) is 0 Å². The lowest BCUT2D eigenvalue weighted by atomic mass is 10.1. The summed E-state index contributed by atoms with van der Waals surface area (Å²) in [6.07, 6.45) is 4.76. The molecule has 4 nitrogen and oxygen atoms in total. The first-order valence-corrected chi connectivity index (χ1v) is 4.32. The van der Waals surface area contributed by atoms with E-state index >= 15 is 0 Å². The van der Waals surface area contributed by atoms with Crippen molar-refractivity contribution in [3.8, 4) is 0 Å². The summed E-state index contributed by atoms with van der Waals surface area (Å²) >= 11 is 0. The summed E-state index contributed by atoms with van der Waals surface area (Å²) in [6, 6.07) is 1.74. The Kier molecular flexibility index (Phi) is 2.28. The van der Waals surface area contributed by atoms with E-state index < -0.39 is 0 Å². The van der Waals surface area contributed by atoms with Gasteiger partial charge in [0, 0.05) is 17.8 Å². The molecule has 0 aliphatic carbocycles. The van der Waals surface area contributed by atoms with E-state index in [0.29, 0.717) is 17.7 Å². The van der Waals surface area contributed by atoms with Crippen molar-refractivity contribution in [2.24, 2.45) is 0 Å². The summed E-state index contributed by atoms with van der Waals surface area (Å²) in [7, 11) is 1.73. The van der Waals surface area contributed by atoms with Crippen LogP contribution < -0.4 is 5.32 Å². The number of hydrogen-bond donors (Lipinski definition) is 1. The third-order valence-electron chi connectivity index (χ3n) is 2.01. The van der Waals surface area contributed by atoms with Crippen molar-refractivity contribution < 1.29 is 9.21 Å². The van der Waals surface area contributed by atoms with Crippen molar-refractivity contribution in [1.29, 1.82) is 0 Å². The number of aromatic nitrogens is 1. The number of pyridine rings is 1. The van der Waals surface area contributed by atoms with Crippen LogP contribution in [0.3, 0.4) is 0 Å². The molecule has 4 heteroatoms. The number of carbonyl (C=O) groups is 1. The first-order chi connectivity index (χ1) is 6.83. The number of hydrogen-bond acceptors (Lipinski definition) is 4. The van der Waals surface area contributed by atoms with E-state index in [-0.39, 0.29) is 5.78 Å². The molecule has 1 N–H and O–H groups in total. The van der Waals surface area contributed by atoms with Crippen molar-refractivity contribution >= 4 is 16.8 Å². The van der Waals surface area contributed by atoms with E-state index in [1.54, 1.807) is 25.5 Å². The topological polar surface area (TPSA) is 55.1 Å². The van der Waals surface area contributed by atoms with Gasteiger partial charge in [0.1, 0.15) is 11.8 Å². The molecule has 0 spiro atoms. The number of carbonyl (C=O) groups excluding carboxylic acids is 1. The Bertz CT molecular complexity index is 462. The lowest BCUT2D eigenvalue weighted by Gasteiger charge is -1.95. The van der Waals surface area contributed by atoms with Gasteiger partial charge in [-0.15, -0.1) is 0 Å². The first kappa shape index (κ1) is 8.90. The van der Waals surface area contributed by atoms with Gasteiger partial charge in [-0.05, 0) is 13.1 Å². The van der Waals surface area contributed by atoms with Crippen LogP contribution in [0.5, 0.6) is 0 Å². The van der Waals surface area contributed by atoms with Crippen molar-refractivity contribution in [2.75, 3.05) is 13.6 Å². The van der Waals surface area contributed by atoms with Crippen LogP contribution in [-0.2, 0) is 0 Å². The number of furan rings is 1. The van der Waals surface area contributed by atoms with Crippen LogP contribution in [0.2, 0.25) is 0 Å². The van der Waals surface area contributed by atoms with E-state index in [4.69, 9.17) is 4.42 Å². The molecule has 72 valence electrons. The fourth-order valence-electron chi connectivity index (χ4n) is 1.34. The van der Waals surface area contributed by atoms with Gasteiger partial charge in [0.25, 0.3) is 0 Å². The highest BCUT2D eigenvalue weighted by Gasteiger charge is 2.12. The molecular formula is C10H10N2O2. The molecule has 2 aromatic heterocycles. The van der Waals surface area contributed by atoms with Crippen LogP contribution in [0, 0.1) is 0 Å². The fraction of sp³-hybridized carbons (Fsp3) is 0.200. The van der Waals surface area contributed by atoms with Crippen molar-refractivity contribution in [1.82, 2.24) is 10.3 Å². The highest BCUT2D eigenvalue weighted by Crippen LogP contribution is 2.19. The molecule has 0 saturated carbocycles. The van der Waals surface area contributed by atoms with E-state index in [2.05, 4.69) is 10.3 Å². The number of likely N-dealkylation sites (N-methyl/N-ethyl adjacent to an activating group) is 1. The highest BCUT2D eigenvalue weighted by atomic mass is 16.3. The van der Waals surface area contributed by atoms with Crippen LogP contribution in [0.1, 0.15) is 10.4 Å². The van der Waals surface area contributed by atoms with E-state index in [1.165, 1.54) is 6.26 Å². The lowest BCUT2D eigenvalue weighted by Crippen LogP contribution is -2.18. The quantitative estimate of drug-likeness (QED) is 0.739. The molecule has 0 fully saturated rings. The predicted molar refractivity (Wildman–Crippen MR) is 52.3 cm³/mol. The molecule has 14 heavy (non-hydrogen) atoms. The molecule has 0 amide bonds. The maximum absolute atomic E-state index is 11.6. The number of ketones is 1. The standard InChI is InChI=1S/C10H10N2O2/c1-11-5-9(13)8-6-14-10-2-3-12-4-7(8)10/h2-4,6,11H,5H2,1H3. The molecular weight excluding hydrogens is 180 g/mol. The fourth-order valence-corrected chi connectivity index (χ4v) is 1.34. The second kappa shape index (κ2) is 3.59. The summed E-state index contributed by atoms with van der Waals surface area (Å²) in [5.74, 6) is 0.0132. The number of rotatable bonds is 3. The molecule has 0 saturated heterocycles. The van der Waals surface area contributed by atoms with E-state index in [0.717, 1.165) is 5.39 Å². The van der Waals surface area contributed by atoms with Crippen molar-refractivity contribution in [2.45, 2.75) is 0 Å². The summed E-state index contributed by atoms with van der Waals surface area (Å²) in [6.45, 7) is 0.309. The van der Waals surface area contributed by atoms with Crippen LogP contribution in [-0.4, -0.2) is 24.4 Å². The van der Waals surface area contributed by atoms with Gasteiger partial charge >= 0.3 is 0 Å². The highest BCUT2D eigenvalue weighted by molar-refractivity contribution is 6.07. The van der Waals surface area contributed by atoms with E-state index in [9.17, 15) is 4.79 Å². The van der Waals surface area contributed by atoms with Gasteiger partial charge in [-0.3, -0.25) is 9.78 Å². The normalized spacial score (nSPS) is 10.6. The smallest absolute Gasteiger partial charge is 0.180 e. The minimum absolute atomic E-state index is 0.0132. The summed E-state index contributed by atoms with van der Waals surface area (Å²) in [5, 5.41) is 3.58. The number of nitrogens with zero attached hydrogens (tertiary/aromatic N) is 1. The molecule has 0 bridgehead atoms. The summed E-state index contributed by atoms with van der Waals surface area (Å²) in [5.41, 5.74) is 1.28. The van der Waals surface area contributed by atoms with Gasteiger partial charge in [-0.25, -0.2) is 0 Å². The Hall–Kier alpha value is -1.68. The van der Waals surface area contributed by atoms with Gasteiger partial charge in [0.05, 0.1) is 12.1 Å². The average molecular weight is 190 g/mol. The third kappa shape index (κ3) is 1.40. The molecule has 0 aliphatic heterocycles. The second-order valence-electron chi connectivity index (χ2n) is 2.97. The zero-order valence-electron chi connectivity index (χ0n) is 7.78.